The molecular weight excluding hydrogens is 254 g/mol. The molecule has 1 heterocycles. The Kier molecular flexibility index (Phi) is 3.79. The third kappa shape index (κ3) is 2.99. The molecule has 0 bridgehead atoms. The first-order chi connectivity index (χ1) is 8.66. The van der Waals surface area contributed by atoms with Crippen LogP contribution in [0.25, 0.3) is 0 Å². The molecule has 92 valence electrons. The Balaban J connectivity index is 2.06. The van der Waals surface area contributed by atoms with Gasteiger partial charge in [-0.15, -0.1) is 0 Å². The van der Waals surface area contributed by atoms with Crippen molar-refractivity contribution in [1.82, 2.24) is 4.98 Å². The van der Waals surface area contributed by atoms with Crippen LogP contribution in [0, 0.1) is 0 Å². The second-order valence-corrected chi connectivity index (χ2v) is 4.02. The van der Waals surface area contributed by atoms with Gasteiger partial charge in [-0.2, -0.15) is 0 Å². The summed E-state index contributed by atoms with van der Waals surface area (Å²) in [4.78, 5) is 25.2. The summed E-state index contributed by atoms with van der Waals surface area (Å²) in [5, 5.41) is 0.357. The van der Waals surface area contributed by atoms with Crippen LogP contribution >= 0.6 is 11.6 Å². The molecule has 1 aromatic heterocycles. The fourth-order valence-corrected chi connectivity index (χ4v) is 1.57. The molecule has 2 aromatic rings. The minimum absolute atomic E-state index is 0.0313. The molecule has 0 atom stereocenters. The van der Waals surface area contributed by atoms with Crippen molar-refractivity contribution in [2.24, 2.45) is 0 Å². The highest BCUT2D eigenvalue weighted by atomic mass is 35.5. The van der Waals surface area contributed by atoms with Crippen molar-refractivity contribution in [3.05, 3.63) is 69.1 Å². The minimum Gasteiger partial charge on any atom is -0.457 e. The van der Waals surface area contributed by atoms with Crippen LogP contribution in [0.3, 0.4) is 0 Å². The first kappa shape index (κ1) is 12.4. The predicted octanol–water partition coefficient (Wildman–Crippen LogP) is 2.39. The molecule has 1 aromatic carbocycles. The number of pyridine rings is 1. The number of aromatic nitrogens is 1. The van der Waals surface area contributed by atoms with Gasteiger partial charge in [-0.1, -0.05) is 29.8 Å². The Bertz CT molecular complexity index is 607. The van der Waals surface area contributed by atoms with Gasteiger partial charge in [-0.25, -0.2) is 4.79 Å². The normalized spacial score (nSPS) is 10.1. The van der Waals surface area contributed by atoms with Gasteiger partial charge in [0, 0.05) is 17.8 Å². The van der Waals surface area contributed by atoms with Gasteiger partial charge in [-0.05, 0) is 12.1 Å². The molecule has 0 aliphatic carbocycles. The Morgan fingerprint density at radius 2 is 2.00 bits per heavy atom. The van der Waals surface area contributed by atoms with Crippen LogP contribution in [-0.2, 0) is 11.3 Å². The molecular formula is C13H10ClNO3. The lowest BCUT2D eigenvalue weighted by atomic mass is 10.2. The third-order valence-electron chi connectivity index (χ3n) is 2.32. The maximum Gasteiger partial charge on any atom is 0.338 e. The van der Waals surface area contributed by atoms with Gasteiger partial charge >= 0.3 is 5.97 Å². The van der Waals surface area contributed by atoms with Gasteiger partial charge in [0.25, 0.3) is 0 Å². The highest BCUT2D eigenvalue weighted by Crippen LogP contribution is 2.13. The van der Waals surface area contributed by atoms with Crippen LogP contribution in [0.4, 0.5) is 0 Å². The van der Waals surface area contributed by atoms with Crippen molar-refractivity contribution < 1.29 is 9.53 Å². The van der Waals surface area contributed by atoms with Crippen molar-refractivity contribution in [3.8, 4) is 0 Å². The van der Waals surface area contributed by atoms with E-state index < -0.39 is 5.97 Å². The number of hydrogen-bond acceptors (Lipinski definition) is 3. The number of nitrogens with one attached hydrogen (secondary N) is 1. The fourth-order valence-electron chi connectivity index (χ4n) is 1.41. The smallest absolute Gasteiger partial charge is 0.338 e. The number of benzene rings is 1. The number of esters is 1. The lowest BCUT2D eigenvalue weighted by Crippen LogP contribution is -2.09. The summed E-state index contributed by atoms with van der Waals surface area (Å²) in [5.74, 6) is -0.452. The van der Waals surface area contributed by atoms with Gasteiger partial charge in [0.1, 0.15) is 6.61 Å². The Labute approximate surface area is 108 Å². The summed E-state index contributed by atoms with van der Waals surface area (Å²) in [6.07, 6.45) is 1.37. The zero-order valence-corrected chi connectivity index (χ0v) is 10.1. The van der Waals surface area contributed by atoms with Gasteiger partial charge in [0.05, 0.1) is 10.6 Å². The van der Waals surface area contributed by atoms with E-state index in [-0.39, 0.29) is 12.2 Å². The van der Waals surface area contributed by atoms with Crippen molar-refractivity contribution in [2.45, 2.75) is 6.61 Å². The number of H-pyrrole nitrogens is 1. The zero-order valence-electron chi connectivity index (χ0n) is 9.35. The van der Waals surface area contributed by atoms with Crippen molar-refractivity contribution in [1.29, 1.82) is 0 Å². The largest absolute Gasteiger partial charge is 0.457 e. The molecule has 0 unspecified atom stereocenters. The molecule has 0 fully saturated rings. The Hall–Kier alpha value is -2.07. The van der Waals surface area contributed by atoms with Crippen LogP contribution in [0.15, 0.2) is 47.4 Å². The van der Waals surface area contributed by atoms with Crippen LogP contribution in [0.1, 0.15) is 15.9 Å². The van der Waals surface area contributed by atoms with E-state index in [1.807, 2.05) is 6.07 Å². The lowest BCUT2D eigenvalue weighted by Gasteiger charge is -2.05. The van der Waals surface area contributed by atoms with E-state index >= 15 is 0 Å². The number of ether oxygens (including phenoxy) is 1. The van der Waals surface area contributed by atoms with E-state index in [0.717, 1.165) is 0 Å². The van der Waals surface area contributed by atoms with Crippen LogP contribution in [0.2, 0.25) is 5.02 Å². The van der Waals surface area contributed by atoms with Crippen molar-refractivity contribution >= 4 is 17.6 Å². The van der Waals surface area contributed by atoms with E-state index in [1.54, 1.807) is 24.3 Å². The summed E-state index contributed by atoms with van der Waals surface area (Å²) < 4.78 is 5.07. The molecule has 0 radical (unpaired) electrons. The van der Waals surface area contributed by atoms with E-state index in [1.165, 1.54) is 12.3 Å². The van der Waals surface area contributed by atoms with Crippen LogP contribution in [-0.4, -0.2) is 11.0 Å². The molecule has 1 N–H and O–H groups in total. The summed E-state index contributed by atoms with van der Waals surface area (Å²) in [6.45, 7) is -0.0313. The lowest BCUT2D eigenvalue weighted by molar-refractivity contribution is 0.0472. The quantitative estimate of drug-likeness (QED) is 0.865. The van der Waals surface area contributed by atoms with E-state index in [0.29, 0.717) is 16.1 Å². The van der Waals surface area contributed by atoms with Crippen LogP contribution in [0.5, 0.6) is 0 Å². The number of hydrogen-bond donors (Lipinski definition) is 1. The Morgan fingerprint density at radius 1 is 1.28 bits per heavy atom. The second kappa shape index (κ2) is 5.51. The second-order valence-electron chi connectivity index (χ2n) is 3.61. The van der Waals surface area contributed by atoms with Crippen molar-refractivity contribution in [3.63, 3.8) is 0 Å². The average Bonchev–Trinajstić information content (AvgIpc) is 2.40. The number of carbonyl (C=O) groups excluding carboxylic acids is 1. The number of carbonyl (C=O) groups is 1. The molecule has 2 rings (SSSR count). The number of aromatic amines is 1. The minimum atomic E-state index is -0.452. The molecule has 0 saturated heterocycles. The standard InChI is InChI=1S/C13H10ClNO3/c14-11-7-15-12(16)6-10(11)8-18-13(17)9-4-2-1-3-5-9/h1-7H,8H2,(H,15,16). The summed E-state index contributed by atoms with van der Waals surface area (Å²) in [5.41, 5.74) is 0.647. The van der Waals surface area contributed by atoms with Gasteiger partial charge in [0.2, 0.25) is 5.56 Å². The summed E-state index contributed by atoms with van der Waals surface area (Å²) in [7, 11) is 0. The third-order valence-corrected chi connectivity index (χ3v) is 2.67. The topological polar surface area (TPSA) is 59.2 Å². The maximum absolute atomic E-state index is 11.7. The number of halogens is 1. The van der Waals surface area contributed by atoms with Gasteiger partial charge in [-0.3, -0.25) is 4.79 Å². The monoisotopic (exact) mass is 263 g/mol. The molecule has 0 saturated carbocycles. The van der Waals surface area contributed by atoms with E-state index in [9.17, 15) is 9.59 Å². The Morgan fingerprint density at radius 3 is 2.72 bits per heavy atom. The fraction of sp³-hybridized carbons (Fsp3) is 0.0769. The first-order valence-corrected chi connectivity index (χ1v) is 5.64. The molecule has 0 amide bonds. The first-order valence-electron chi connectivity index (χ1n) is 5.26. The summed E-state index contributed by atoms with van der Waals surface area (Å²) in [6, 6.07) is 9.92. The zero-order chi connectivity index (χ0) is 13.0. The molecule has 4 nitrogen and oxygen atoms in total. The van der Waals surface area contributed by atoms with E-state index in [4.69, 9.17) is 16.3 Å². The molecule has 0 aliphatic rings. The molecule has 5 heteroatoms. The van der Waals surface area contributed by atoms with Crippen molar-refractivity contribution in [2.75, 3.05) is 0 Å². The molecule has 0 spiro atoms. The van der Waals surface area contributed by atoms with Crippen LogP contribution < -0.4 is 5.56 Å². The summed E-state index contributed by atoms with van der Waals surface area (Å²) >= 11 is 5.86. The van der Waals surface area contributed by atoms with Gasteiger partial charge in [0.15, 0.2) is 0 Å². The predicted molar refractivity (Wildman–Crippen MR) is 67.6 cm³/mol. The number of rotatable bonds is 3. The SMILES string of the molecule is O=C(OCc1cc(=O)[nH]cc1Cl)c1ccccc1. The molecule has 18 heavy (non-hydrogen) atoms. The molecule has 0 aliphatic heterocycles. The highest BCUT2D eigenvalue weighted by molar-refractivity contribution is 6.31. The highest BCUT2D eigenvalue weighted by Gasteiger charge is 2.08. The maximum atomic E-state index is 11.7. The van der Waals surface area contributed by atoms with Gasteiger partial charge < -0.3 is 9.72 Å². The average molecular weight is 264 g/mol. The van der Waals surface area contributed by atoms with E-state index in [2.05, 4.69) is 4.98 Å².